The van der Waals surface area contributed by atoms with E-state index in [9.17, 15) is 0 Å². The number of nitrogens with zero attached hydrogens (tertiary/aromatic N) is 1. The van der Waals surface area contributed by atoms with Crippen molar-refractivity contribution in [1.82, 2.24) is 0 Å². The summed E-state index contributed by atoms with van der Waals surface area (Å²) in [6, 6.07) is 22.2. The molecule has 0 aliphatic rings. The Morgan fingerprint density at radius 1 is 0.606 bits per heavy atom. The Hall–Kier alpha value is -3.44. The highest BCUT2D eigenvalue weighted by Gasteiger charge is 2.04. The molecular weight excluding hydrogens is 457 g/mol. The van der Waals surface area contributed by atoms with Gasteiger partial charge < -0.3 is 19.1 Å². The molecule has 0 heterocycles. The van der Waals surface area contributed by atoms with Crippen LogP contribution in [0.15, 0.2) is 72.8 Å². The van der Waals surface area contributed by atoms with Crippen LogP contribution in [0.4, 0.5) is 5.69 Å². The fourth-order valence-electron chi connectivity index (χ4n) is 2.74. The number of anilines is 1. The fraction of sp³-hybridized carbons (Fsp3) is 0.185. The monoisotopic (exact) mass is 479 g/mol. The summed E-state index contributed by atoms with van der Waals surface area (Å²) in [4.78, 5) is 2.07. The van der Waals surface area contributed by atoms with Crippen LogP contribution in [-0.4, -0.2) is 33.4 Å². The molecule has 0 amide bonds. The third kappa shape index (κ3) is 8.54. The average Bonchev–Trinajstić information content (AvgIpc) is 2.84. The molecule has 0 saturated heterocycles. The summed E-state index contributed by atoms with van der Waals surface area (Å²) in [6.07, 6.45) is 0. The molecule has 33 heavy (non-hydrogen) atoms. The van der Waals surface area contributed by atoms with Gasteiger partial charge in [0.1, 0.15) is 30.5 Å². The topological polar surface area (TPSA) is 30.9 Å². The third-order valence-electron chi connectivity index (χ3n) is 4.48. The van der Waals surface area contributed by atoms with Crippen LogP contribution in [0.25, 0.3) is 0 Å². The van der Waals surface area contributed by atoms with Crippen molar-refractivity contribution in [3.8, 4) is 40.9 Å². The molecule has 0 aromatic heterocycles. The first-order valence-corrected chi connectivity index (χ1v) is 11.0. The number of hydrogen-bond acceptors (Lipinski definition) is 4. The standard InChI is InChI=1S/C27H23Cl2NO3/c1-31-25-16-10-24(11-17-25)30(18-2-4-20-32-26-12-6-22(28)7-13-26)19-3-5-21-33-27-14-8-23(29)9-15-27/h6-17H,18-21H2,1H3. The van der Waals surface area contributed by atoms with Crippen LogP contribution in [0.5, 0.6) is 17.2 Å². The minimum absolute atomic E-state index is 0.290. The second-order valence-electron chi connectivity index (χ2n) is 6.75. The average molecular weight is 480 g/mol. The van der Waals surface area contributed by atoms with E-state index in [0.29, 0.717) is 36.3 Å². The number of halogens is 2. The van der Waals surface area contributed by atoms with Gasteiger partial charge in [-0.25, -0.2) is 0 Å². The zero-order valence-corrected chi connectivity index (χ0v) is 19.7. The first kappa shape index (κ1) is 24.2. The van der Waals surface area contributed by atoms with E-state index in [1.807, 2.05) is 48.5 Å². The number of hydrogen-bond donors (Lipinski definition) is 0. The molecule has 0 atom stereocenters. The van der Waals surface area contributed by atoms with Gasteiger partial charge in [-0.2, -0.15) is 0 Å². The maximum atomic E-state index is 5.89. The van der Waals surface area contributed by atoms with Crippen LogP contribution in [-0.2, 0) is 0 Å². The van der Waals surface area contributed by atoms with Gasteiger partial charge in [0.05, 0.1) is 20.2 Å². The van der Waals surface area contributed by atoms with Gasteiger partial charge >= 0.3 is 0 Å². The van der Waals surface area contributed by atoms with Gasteiger partial charge in [-0.1, -0.05) is 46.9 Å². The Bertz CT molecular complexity index is 1050. The lowest BCUT2D eigenvalue weighted by Gasteiger charge is -2.19. The Morgan fingerprint density at radius 3 is 1.45 bits per heavy atom. The first-order chi connectivity index (χ1) is 16.1. The van der Waals surface area contributed by atoms with Gasteiger partial charge in [-0.15, -0.1) is 0 Å². The predicted octanol–water partition coefficient (Wildman–Crippen LogP) is 5.97. The molecule has 3 aromatic carbocycles. The lowest BCUT2D eigenvalue weighted by atomic mass is 10.2. The second-order valence-corrected chi connectivity index (χ2v) is 7.62. The van der Waals surface area contributed by atoms with Gasteiger partial charge in [-0.05, 0) is 72.8 Å². The molecule has 0 saturated carbocycles. The zero-order chi connectivity index (χ0) is 23.3. The summed E-state index contributed by atoms with van der Waals surface area (Å²) >= 11 is 11.8. The predicted molar refractivity (Wildman–Crippen MR) is 135 cm³/mol. The fourth-order valence-corrected chi connectivity index (χ4v) is 2.99. The largest absolute Gasteiger partial charge is 0.497 e. The number of rotatable bonds is 8. The molecule has 3 rings (SSSR count). The first-order valence-electron chi connectivity index (χ1n) is 10.2. The van der Waals surface area contributed by atoms with E-state index in [1.165, 1.54) is 0 Å². The molecule has 0 fully saturated rings. The normalized spacial score (nSPS) is 9.67. The van der Waals surface area contributed by atoms with Crippen molar-refractivity contribution in [2.45, 2.75) is 0 Å². The van der Waals surface area contributed by atoms with E-state index < -0.39 is 0 Å². The highest BCUT2D eigenvalue weighted by Crippen LogP contribution is 2.19. The molecule has 0 bridgehead atoms. The maximum absolute atomic E-state index is 5.89. The number of methoxy groups -OCH3 is 1. The van der Waals surface area contributed by atoms with Crippen molar-refractivity contribution in [2.75, 3.05) is 38.3 Å². The highest BCUT2D eigenvalue weighted by atomic mass is 35.5. The molecule has 0 radical (unpaired) electrons. The summed E-state index contributed by atoms with van der Waals surface area (Å²) in [6.45, 7) is 1.59. The summed E-state index contributed by atoms with van der Waals surface area (Å²) in [7, 11) is 1.64. The van der Waals surface area contributed by atoms with Gasteiger partial charge in [0.25, 0.3) is 0 Å². The van der Waals surface area contributed by atoms with Gasteiger partial charge in [0, 0.05) is 15.7 Å². The minimum atomic E-state index is 0.290. The minimum Gasteiger partial charge on any atom is -0.497 e. The van der Waals surface area contributed by atoms with E-state index in [1.54, 1.807) is 31.4 Å². The second kappa shape index (κ2) is 13.2. The van der Waals surface area contributed by atoms with E-state index >= 15 is 0 Å². The number of benzene rings is 3. The lowest BCUT2D eigenvalue weighted by Crippen LogP contribution is -2.24. The Morgan fingerprint density at radius 2 is 1.03 bits per heavy atom. The Balaban J connectivity index is 1.55. The van der Waals surface area contributed by atoms with E-state index in [0.717, 1.165) is 22.9 Å². The van der Waals surface area contributed by atoms with Gasteiger partial charge in [0.15, 0.2) is 0 Å². The van der Waals surface area contributed by atoms with Gasteiger partial charge in [0.2, 0.25) is 0 Å². The summed E-state index contributed by atoms with van der Waals surface area (Å²) in [5, 5.41) is 1.34. The molecule has 0 aliphatic carbocycles. The molecule has 0 spiro atoms. The molecule has 0 unspecified atom stereocenters. The molecule has 4 nitrogen and oxygen atoms in total. The molecule has 0 N–H and O–H groups in total. The van der Waals surface area contributed by atoms with Crippen molar-refractivity contribution >= 4 is 28.9 Å². The van der Waals surface area contributed by atoms with Crippen molar-refractivity contribution in [3.63, 3.8) is 0 Å². The number of ether oxygens (including phenoxy) is 3. The van der Waals surface area contributed by atoms with Crippen LogP contribution < -0.4 is 19.1 Å². The molecule has 168 valence electrons. The summed E-state index contributed by atoms with van der Waals surface area (Å²) < 4.78 is 16.5. The smallest absolute Gasteiger partial charge is 0.149 e. The highest BCUT2D eigenvalue weighted by molar-refractivity contribution is 6.30. The Labute approximate surface area is 205 Å². The lowest BCUT2D eigenvalue weighted by molar-refractivity contribution is 0.370. The molecule has 0 aliphatic heterocycles. The van der Waals surface area contributed by atoms with E-state index in [4.69, 9.17) is 37.4 Å². The van der Waals surface area contributed by atoms with Crippen LogP contribution in [0.2, 0.25) is 10.0 Å². The summed E-state index contributed by atoms with van der Waals surface area (Å²) in [5.41, 5.74) is 0.997. The van der Waals surface area contributed by atoms with E-state index in [2.05, 4.69) is 28.6 Å². The third-order valence-corrected chi connectivity index (χ3v) is 4.98. The zero-order valence-electron chi connectivity index (χ0n) is 18.2. The Kier molecular flexibility index (Phi) is 9.67. The van der Waals surface area contributed by atoms with Gasteiger partial charge in [-0.3, -0.25) is 0 Å². The molecule has 3 aromatic rings. The van der Waals surface area contributed by atoms with Crippen LogP contribution in [0, 0.1) is 23.7 Å². The van der Waals surface area contributed by atoms with Crippen molar-refractivity contribution in [2.24, 2.45) is 0 Å². The van der Waals surface area contributed by atoms with Crippen LogP contribution in [0.3, 0.4) is 0 Å². The SMILES string of the molecule is COc1ccc(N(CC#CCOc2ccc(Cl)cc2)CC#CCOc2ccc(Cl)cc2)cc1. The van der Waals surface area contributed by atoms with Crippen molar-refractivity contribution < 1.29 is 14.2 Å². The van der Waals surface area contributed by atoms with Crippen LogP contribution in [0.1, 0.15) is 0 Å². The van der Waals surface area contributed by atoms with Crippen molar-refractivity contribution in [1.29, 1.82) is 0 Å². The molecule has 6 heteroatoms. The van der Waals surface area contributed by atoms with E-state index in [-0.39, 0.29) is 0 Å². The van der Waals surface area contributed by atoms with Crippen molar-refractivity contribution in [3.05, 3.63) is 82.8 Å². The summed E-state index contributed by atoms with van der Waals surface area (Å²) in [5.74, 6) is 14.6. The quantitative estimate of drug-likeness (QED) is 0.372. The van der Waals surface area contributed by atoms with Crippen LogP contribution >= 0.6 is 23.2 Å². The molecular formula is C27H23Cl2NO3. The maximum Gasteiger partial charge on any atom is 0.149 e.